The molecule has 1 aromatic carbocycles. The molecule has 0 aliphatic rings. The molecule has 0 amide bonds. The van der Waals surface area contributed by atoms with Crippen molar-refractivity contribution >= 4 is 17.7 Å². The van der Waals surface area contributed by atoms with Crippen molar-refractivity contribution in [1.82, 2.24) is 15.2 Å². The van der Waals surface area contributed by atoms with Crippen LogP contribution in [0.4, 0.5) is 0 Å². The second kappa shape index (κ2) is 5.68. The molecule has 0 spiro atoms. The van der Waals surface area contributed by atoms with Gasteiger partial charge in [-0.25, -0.2) is 9.78 Å². The molecule has 0 saturated heterocycles. The van der Waals surface area contributed by atoms with Crippen LogP contribution in [0, 0.1) is 6.92 Å². The number of aromatic amines is 1. The number of esters is 1. The fourth-order valence-corrected chi connectivity index (χ4v) is 2.23. The van der Waals surface area contributed by atoms with Crippen LogP contribution in [0.1, 0.15) is 21.7 Å². The van der Waals surface area contributed by atoms with Gasteiger partial charge in [-0.15, -0.1) is 5.10 Å². The molecule has 0 unspecified atom stereocenters. The van der Waals surface area contributed by atoms with E-state index in [1.807, 2.05) is 25.1 Å². The molecule has 1 N–H and O–H groups in total. The van der Waals surface area contributed by atoms with Crippen LogP contribution in [0.5, 0.6) is 0 Å². The topological polar surface area (TPSA) is 67.9 Å². The highest BCUT2D eigenvalue weighted by Gasteiger charge is 2.06. The number of methoxy groups -OCH3 is 1. The number of aryl methyl sites for hydroxylation is 1. The average Bonchev–Trinajstić information content (AvgIpc) is 2.81. The van der Waals surface area contributed by atoms with Crippen LogP contribution in [0.3, 0.4) is 0 Å². The van der Waals surface area contributed by atoms with E-state index in [1.165, 1.54) is 18.9 Å². The average molecular weight is 263 g/mol. The number of thioether (sulfide) groups is 1. The van der Waals surface area contributed by atoms with Crippen LogP contribution in [-0.4, -0.2) is 28.3 Å². The van der Waals surface area contributed by atoms with Gasteiger partial charge in [0.25, 0.3) is 0 Å². The third kappa shape index (κ3) is 3.10. The zero-order chi connectivity index (χ0) is 13.0. The number of carbonyl (C=O) groups is 1. The van der Waals surface area contributed by atoms with E-state index >= 15 is 0 Å². The van der Waals surface area contributed by atoms with E-state index in [9.17, 15) is 4.79 Å². The molecule has 0 atom stereocenters. The molecule has 0 fully saturated rings. The van der Waals surface area contributed by atoms with E-state index in [0.29, 0.717) is 16.5 Å². The summed E-state index contributed by atoms with van der Waals surface area (Å²) >= 11 is 1.52. The highest BCUT2D eigenvalue weighted by molar-refractivity contribution is 7.98. The third-order valence-electron chi connectivity index (χ3n) is 2.29. The van der Waals surface area contributed by atoms with Gasteiger partial charge in [-0.3, -0.25) is 5.10 Å². The van der Waals surface area contributed by atoms with E-state index in [1.54, 1.807) is 6.07 Å². The zero-order valence-electron chi connectivity index (χ0n) is 10.1. The van der Waals surface area contributed by atoms with Crippen molar-refractivity contribution in [2.75, 3.05) is 7.11 Å². The van der Waals surface area contributed by atoms with Crippen LogP contribution in [0.15, 0.2) is 29.4 Å². The van der Waals surface area contributed by atoms with Gasteiger partial charge in [0.2, 0.25) is 5.16 Å². The summed E-state index contributed by atoms with van der Waals surface area (Å²) in [4.78, 5) is 15.6. The number of nitrogens with one attached hydrogen (secondary N) is 1. The van der Waals surface area contributed by atoms with Gasteiger partial charge in [0.05, 0.1) is 12.7 Å². The van der Waals surface area contributed by atoms with E-state index in [4.69, 9.17) is 0 Å². The van der Waals surface area contributed by atoms with Crippen molar-refractivity contribution in [3.63, 3.8) is 0 Å². The van der Waals surface area contributed by atoms with Gasteiger partial charge in [-0.2, -0.15) is 0 Å². The minimum atomic E-state index is -0.324. The first-order chi connectivity index (χ1) is 8.69. The number of carbonyl (C=O) groups excluding carboxylic acids is 1. The normalized spacial score (nSPS) is 10.3. The maximum atomic E-state index is 11.4. The first kappa shape index (κ1) is 12.6. The van der Waals surface area contributed by atoms with E-state index in [0.717, 1.165) is 11.4 Å². The summed E-state index contributed by atoms with van der Waals surface area (Å²) in [5.74, 6) is 1.18. The zero-order valence-corrected chi connectivity index (χ0v) is 11.0. The molecule has 0 aliphatic heterocycles. The second-order valence-corrected chi connectivity index (χ2v) is 4.63. The monoisotopic (exact) mass is 263 g/mol. The van der Waals surface area contributed by atoms with Crippen LogP contribution in [-0.2, 0) is 10.5 Å². The summed E-state index contributed by atoms with van der Waals surface area (Å²) in [5, 5.41) is 7.53. The van der Waals surface area contributed by atoms with Gasteiger partial charge in [0, 0.05) is 5.75 Å². The van der Waals surface area contributed by atoms with E-state index in [2.05, 4.69) is 19.9 Å². The molecule has 6 heteroatoms. The van der Waals surface area contributed by atoms with Crippen LogP contribution in [0.2, 0.25) is 0 Å². The van der Waals surface area contributed by atoms with Crippen LogP contribution < -0.4 is 0 Å². The van der Waals surface area contributed by atoms with Crippen molar-refractivity contribution in [3.05, 3.63) is 41.2 Å². The van der Waals surface area contributed by atoms with E-state index < -0.39 is 0 Å². The lowest BCUT2D eigenvalue weighted by Crippen LogP contribution is -2.01. The molecule has 2 rings (SSSR count). The summed E-state index contributed by atoms with van der Waals surface area (Å²) in [6.07, 6.45) is 0. The number of ether oxygens (including phenoxy) is 1. The molecule has 0 bridgehead atoms. The molecule has 94 valence electrons. The maximum Gasteiger partial charge on any atom is 0.337 e. The third-order valence-corrected chi connectivity index (χ3v) is 3.21. The maximum absolute atomic E-state index is 11.4. The molecular formula is C12H13N3O2S. The summed E-state index contributed by atoms with van der Waals surface area (Å²) in [7, 11) is 1.38. The number of aromatic nitrogens is 3. The number of nitrogens with zero attached hydrogens (tertiary/aromatic N) is 2. The van der Waals surface area contributed by atoms with Gasteiger partial charge in [0.1, 0.15) is 5.82 Å². The lowest BCUT2D eigenvalue weighted by atomic mass is 10.1. The molecule has 1 heterocycles. The molecule has 1 aromatic heterocycles. The molecular weight excluding hydrogens is 250 g/mol. The van der Waals surface area contributed by atoms with Crippen molar-refractivity contribution in [3.8, 4) is 0 Å². The Labute approximate surface area is 109 Å². The van der Waals surface area contributed by atoms with Gasteiger partial charge >= 0.3 is 5.97 Å². The Morgan fingerprint density at radius 3 is 3.00 bits per heavy atom. The quantitative estimate of drug-likeness (QED) is 0.676. The Bertz CT molecular complexity index is 554. The highest BCUT2D eigenvalue weighted by Crippen LogP contribution is 2.19. The van der Waals surface area contributed by atoms with Gasteiger partial charge in [-0.1, -0.05) is 23.9 Å². The predicted octanol–water partition coefficient (Wildman–Crippen LogP) is 2.19. The number of rotatable bonds is 4. The SMILES string of the molecule is COC(=O)c1cccc(CSc2n[nH]c(C)n2)c1. The largest absolute Gasteiger partial charge is 0.465 e. The lowest BCUT2D eigenvalue weighted by molar-refractivity contribution is 0.0600. The minimum Gasteiger partial charge on any atom is -0.465 e. The van der Waals surface area contributed by atoms with Crippen molar-refractivity contribution in [2.45, 2.75) is 17.8 Å². The Morgan fingerprint density at radius 2 is 2.33 bits per heavy atom. The lowest BCUT2D eigenvalue weighted by Gasteiger charge is -2.02. The molecule has 5 nitrogen and oxygen atoms in total. The van der Waals surface area contributed by atoms with Crippen molar-refractivity contribution < 1.29 is 9.53 Å². The molecule has 2 aromatic rings. The Balaban J connectivity index is 2.03. The molecule has 18 heavy (non-hydrogen) atoms. The van der Waals surface area contributed by atoms with Crippen molar-refractivity contribution in [2.24, 2.45) is 0 Å². The first-order valence-corrected chi connectivity index (χ1v) is 6.36. The number of benzene rings is 1. The summed E-state index contributed by atoms with van der Waals surface area (Å²) in [5.41, 5.74) is 1.59. The Hall–Kier alpha value is -1.82. The van der Waals surface area contributed by atoms with Crippen LogP contribution >= 0.6 is 11.8 Å². The highest BCUT2D eigenvalue weighted by atomic mass is 32.2. The second-order valence-electron chi connectivity index (χ2n) is 3.68. The Kier molecular flexibility index (Phi) is 3.99. The van der Waals surface area contributed by atoms with Crippen LogP contribution in [0.25, 0.3) is 0 Å². The fourth-order valence-electron chi connectivity index (χ4n) is 1.44. The number of hydrogen-bond acceptors (Lipinski definition) is 5. The minimum absolute atomic E-state index is 0.324. The standard InChI is InChI=1S/C12H13N3O2S/c1-8-13-12(15-14-8)18-7-9-4-3-5-10(6-9)11(16)17-2/h3-6H,7H2,1-2H3,(H,13,14,15). The fraction of sp³-hybridized carbons (Fsp3) is 0.250. The number of H-pyrrole nitrogens is 1. The molecule has 0 aliphatic carbocycles. The predicted molar refractivity (Wildman–Crippen MR) is 68.5 cm³/mol. The first-order valence-electron chi connectivity index (χ1n) is 5.38. The summed E-state index contributed by atoms with van der Waals surface area (Å²) in [6.45, 7) is 1.86. The molecule has 0 saturated carbocycles. The molecule has 0 radical (unpaired) electrons. The smallest absolute Gasteiger partial charge is 0.337 e. The summed E-state index contributed by atoms with van der Waals surface area (Å²) in [6, 6.07) is 7.35. The van der Waals surface area contributed by atoms with Gasteiger partial charge in [-0.05, 0) is 24.6 Å². The van der Waals surface area contributed by atoms with E-state index in [-0.39, 0.29) is 5.97 Å². The van der Waals surface area contributed by atoms with Gasteiger partial charge < -0.3 is 4.74 Å². The van der Waals surface area contributed by atoms with Gasteiger partial charge in [0.15, 0.2) is 0 Å². The summed E-state index contributed by atoms with van der Waals surface area (Å²) < 4.78 is 4.68. The Morgan fingerprint density at radius 1 is 1.50 bits per heavy atom. The number of hydrogen-bond donors (Lipinski definition) is 1. The van der Waals surface area contributed by atoms with Crippen molar-refractivity contribution in [1.29, 1.82) is 0 Å².